The first kappa shape index (κ1) is 15.4. The summed E-state index contributed by atoms with van der Waals surface area (Å²) in [6, 6.07) is 5.62. The molecule has 6 heteroatoms. The van der Waals surface area contributed by atoms with Crippen LogP contribution in [-0.4, -0.2) is 22.8 Å². The van der Waals surface area contributed by atoms with E-state index < -0.39 is 0 Å². The van der Waals surface area contributed by atoms with Crippen molar-refractivity contribution in [1.82, 2.24) is 9.55 Å². The number of anilines is 2. The van der Waals surface area contributed by atoms with Gasteiger partial charge < -0.3 is 14.6 Å². The van der Waals surface area contributed by atoms with Gasteiger partial charge >= 0.3 is 0 Å². The van der Waals surface area contributed by atoms with Gasteiger partial charge in [0.1, 0.15) is 0 Å². The Labute approximate surface area is 132 Å². The Bertz CT molecular complexity index is 559. The minimum Gasteiger partial charge on any atom is -0.382 e. The number of hydrogen-bond donors (Lipinski definition) is 1. The second-order valence-electron chi connectivity index (χ2n) is 4.24. The zero-order valence-electron chi connectivity index (χ0n) is 11.3. The van der Waals surface area contributed by atoms with Gasteiger partial charge in [-0.25, -0.2) is 4.98 Å². The van der Waals surface area contributed by atoms with E-state index in [2.05, 4.69) is 30.8 Å². The largest absolute Gasteiger partial charge is 0.382 e. The van der Waals surface area contributed by atoms with Crippen molar-refractivity contribution in [3.05, 3.63) is 40.1 Å². The van der Waals surface area contributed by atoms with Crippen LogP contribution >= 0.6 is 27.5 Å². The summed E-state index contributed by atoms with van der Waals surface area (Å²) in [5.74, 6) is 0.810. The van der Waals surface area contributed by atoms with E-state index in [1.807, 2.05) is 31.3 Å². The monoisotopic (exact) mass is 357 g/mol. The summed E-state index contributed by atoms with van der Waals surface area (Å²) in [4.78, 5) is 4.33. The fraction of sp³-hybridized carbons (Fsp3) is 0.357. The molecular formula is C14H17BrClN3O. The number of halogens is 2. The lowest BCUT2D eigenvalue weighted by Gasteiger charge is -2.11. The van der Waals surface area contributed by atoms with E-state index in [-0.39, 0.29) is 0 Å². The summed E-state index contributed by atoms with van der Waals surface area (Å²) in [5.41, 5.74) is 0.937. The van der Waals surface area contributed by atoms with E-state index in [0.29, 0.717) is 5.02 Å². The fourth-order valence-corrected chi connectivity index (χ4v) is 2.59. The molecule has 20 heavy (non-hydrogen) atoms. The van der Waals surface area contributed by atoms with E-state index in [1.54, 1.807) is 6.20 Å². The van der Waals surface area contributed by atoms with Crippen molar-refractivity contribution in [3.63, 3.8) is 0 Å². The van der Waals surface area contributed by atoms with E-state index in [1.165, 1.54) is 0 Å². The molecule has 0 aliphatic carbocycles. The van der Waals surface area contributed by atoms with Crippen LogP contribution < -0.4 is 5.32 Å². The Morgan fingerprint density at radius 3 is 3.05 bits per heavy atom. The molecule has 2 rings (SSSR count). The van der Waals surface area contributed by atoms with Crippen molar-refractivity contribution in [2.24, 2.45) is 0 Å². The van der Waals surface area contributed by atoms with Crippen LogP contribution in [0.25, 0.3) is 0 Å². The second-order valence-corrected chi connectivity index (χ2v) is 5.53. The second kappa shape index (κ2) is 7.67. The molecule has 0 unspecified atom stereocenters. The number of benzene rings is 1. The third-order valence-corrected chi connectivity index (χ3v) is 3.68. The van der Waals surface area contributed by atoms with Crippen molar-refractivity contribution in [1.29, 1.82) is 0 Å². The topological polar surface area (TPSA) is 39.1 Å². The smallest absolute Gasteiger partial charge is 0.207 e. The lowest BCUT2D eigenvalue weighted by atomic mass is 10.3. The third kappa shape index (κ3) is 4.23. The zero-order valence-corrected chi connectivity index (χ0v) is 13.6. The molecule has 0 aliphatic rings. The molecule has 1 heterocycles. The summed E-state index contributed by atoms with van der Waals surface area (Å²) in [7, 11) is 0. The average molecular weight is 359 g/mol. The van der Waals surface area contributed by atoms with Gasteiger partial charge in [0.05, 0.1) is 5.69 Å². The van der Waals surface area contributed by atoms with Crippen LogP contribution in [0.4, 0.5) is 11.6 Å². The molecule has 0 spiro atoms. The molecule has 0 radical (unpaired) electrons. The number of imidazole rings is 1. The molecule has 0 saturated carbocycles. The normalized spacial score (nSPS) is 10.8. The van der Waals surface area contributed by atoms with Gasteiger partial charge in [0.2, 0.25) is 5.95 Å². The van der Waals surface area contributed by atoms with Gasteiger partial charge in [0.15, 0.2) is 0 Å². The van der Waals surface area contributed by atoms with Crippen molar-refractivity contribution >= 4 is 39.2 Å². The highest BCUT2D eigenvalue weighted by Crippen LogP contribution is 2.28. The van der Waals surface area contributed by atoms with Crippen LogP contribution in [-0.2, 0) is 11.3 Å². The summed E-state index contributed by atoms with van der Waals surface area (Å²) < 4.78 is 8.33. The molecule has 0 atom stereocenters. The van der Waals surface area contributed by atoms with Crippen LogP contribution in [0.15, 0.2) is 35.1 Å². The Kier molecular flexibility index (Phi) is 5.88. The Balaban J connectivity index is 2.01. The van der Waals surface area contributed by atoms with E-state index in [0.717, 1.165) is 42.3 Å². The predicted octanol–water partition coefficient (Wildman–Crippen LogP) is 4.47. The summed E-state index contributed by atoms with van der Waals surface area (Å²) in [6.45, 7) is 4.39. The van der Waals surface area contributed by atoms with E-state index >= 15 is 0 Å². The molecule has 0 fully saturated rings. The summed E-state index contributed by atoms with van der Waals surface area (Å²) >= 11 is 9.42. The van der Waals surface area contributed by atoms with Gasteiger partial charge in [0.25, 0.3) is 0 Å². The third-order valence-electron chi connectivity index (χ3n) is 2.78. The molecule has 108 valence electrons. The maximum absolute atomic E-state index is 5.94. The first-order valence-corrected chi connectivity index (χ1v) is 7.68. The number of rotatable bonds is 7. The molecule has 1 aromatic heterocycles. The molecule has 0 bridgehead atoms. The first-order valence-electron chi connectivity index (χ1n) is 6.51. The van der Waals surface area contributed by atoms with Gasteiger partial charge in [-0.1, -0.05) is 11.6 Å². The van der Waals surface area contributed by atoms with Crippen LogP contribution in [0, 0.1) is 0 Å². The molecule has 2 aromatic rings. The maximum atomic E-state index is 5.94. The van der Waals surface area contributed by atoms with Crippen molar-refractivity contribution in [2.75, 3.05) is 18.5 Å². The van der Waals surface area contributed by atoms with Crippen molar-refractivity contribution < 1.29 is 4.74 Å². The average Bonchev–Trinajstić information content (AvgIpc) is 2.85. The quantitative estimate of drug-likeness (QED) is 0.742. The number of aryl methyl sites for hydroxylation is 1. The highest BCUT2D eigenvalue weighted by atomic mass is 79.9. The van der Waals surface area contributed by atoms with Crippen LogP contribution in [0.2, 0.25) is 5.02 Å². The Morgan fingerprint density at radius 1 is 1.45 bits per heavy atom. The number of nitrogens with one attached hydrogen (secondary N) is 1. The lowest BCUT2D eigenvalue weighted by Crippen LogP contribution is -2.06. The van der Waals surface area contributed by atoms with Crippen molar-refractivity contribution in [2.45, 2.75) is 19.9 Å². The van der Waals surface area contributed by atoms with Gasteiger partial charge in [-0.15, -0.1) is 0 Å². The highest BCUT2D eigenvalue weighted by Gasteiger charge is 2.06. The molecule has 1 aromatic carbocycles. The lowest BCUT2D eigenvalue weighted by molar-refractivity contribution is 0.142. The van der Waals surface area contributed by atoms with E-state index in [9.17, 15) is 0 Å². The number of aromatic nitrogens is 2. The molecule has 0 saturated heterocycles. The van der Waals surface area contributed by atoms with Gasteiger partial charge in [0, 0.05) is 41.6 Å². The number of hydrogen-bond acceptors (Lipinski definition) is 3. The van der Waals surface area contributed by atoms with Crippen LogP contribution in [0.1, 0.15) is 13.3 Å². The van der Waals surface area contributed by atoms with E-state index in [4.69, 9.17) is 16.3 Å². The minimum absolute atomic E-state index is 0.697. The Hall–Kier alpha value is -1.04. The molecule has 1 N–H and O–H groups in total. The van der Waals surface area contributed by atoms with Gasteiger partial charge in [-0.3, -0.25) is 0 Å². The fourth-order valence-electron chi connectivity index (χ4n) is 1.81. The van der Waals surface area contributed by atoms with Crippen LogP contribution in [0.5, 0.6) is 0 Å². The molecule has 0 aliphatic heterocycles. The predicted molar refractivity (Wildman–Crippen MR) is 85.8 cm³/mol. The van der Waals surface area contributed by atoms with Gasteiger partial charge in [-0.05, 0) is 47.5 Å². The summed E-state index contributed by atoms with van der Waals surface area (Å²) in [5, 5.41) is 3.99. The SMILES string of the molecule is CCOCCCn1ccnc1Nc1ccc(Cl)cc1Br. The maximum Gasteiger partial charge on any atom is 0.207 e. The van der Waals surface area contributed by atoms with Crippen LogP contribution in [0.3, 0.4) is 0 Å². The van der Waals surface area contributed by atoms with Crippen molar-refractivity contribution in [3.8, 4) is 0 Å². The first-order chi connectivity index (χ1) is 9.70. The molecular weight excluding hydrogens is 342 g/mol. The minimum atomic E-state index is 0.697. The highest BCUT2D eigenvalue weighted by molar-refractivity contribution is 9.10. The molecule has 0 amide bonds. The van der Waals surface area contributed by atoms with Gasteiger partial charge in [-0.2, -0.15) is 0 Å². The summed E-state index contributed by atoms with van der Waals surface area (Å²) in [6.07, 6.45) is 4.70. The number of nitrogens with zero attached hydrogens (tertiary/aromatic N) is 2. The number of ether oxygens (including phenoxy) is 1. The zero-order chi connectivity index (χ0) is 14.4. The standard InChI is InChI=1S/C14H17BrClN3O/c1-2-20-9-3-7-19-8-6-17-14(19)18-13-5-4-11(16)10-12(13)15/h4-6,8,10H,2-3,7,9H2,1H3,(H,17,18). The Morgan fingerprint density at radius 2 is 2.30 bits per heavy atom. The molecule has 4 nitrogen and oxygen atoms in total.